The number of halogens is 1. The molecule has 4 heteroatoms. The van der Waals surface area contributed by atoms with E-state index >= 15 is 0 Å². The highest BCUT2D eigenvalue weighted by molar-refractivity contribution is 5.29. The molecule has 0 saturated heterocycles. The SMILES string of the molecule is CNC(Cc1cccc(O)c1)c1ccncc1F. The monoisotopic (exact) mass is 246 g/mol. The van der Waals surface area contributed by atoms with Gasteiger partial charge in [-0.3, -0.25) is 4.98 Å². The molecule has 18 heavy (non-hydrogen) atoms. The van der Waals surface area contributed by atoms with Crippen molar-refractivity contribution in [2.75, 3.05) is 7.05 Å². The Hall–Kier alpha value is -1.94. The van der Waals surface area contributed by atoms with Gasteiger partial charge in [0, 0.05) is 17.8 Å². The Bertz CT molecular complexity index is 531. The van der Waals surface area contributed by atoms with Gasteiger partial charge in [0.2, 0.25) is 0 Å². The molecular formula is C14H15FN2O. The third-order valence-corrected chi connectivity index (χ3v) is 2.88. The summed E-state index contributed by atoms with van der Waals surface area (Å²) < 4.78 is 13.7. The van der Waals surface area contributed by atoms with Crippen LogP contribution in [0.25, 0.3) is 0 Å². The van der Waals surface area contributed by atoms with Crippen LogP contribution < -0.4 is 5.32 Å². The lowest BCUT2D eigenvalue weighted by Crippen LogP contribution is -2.20. The maximum absolute atomic E-state index is 13.7. The lowest BCUT2D eigenvalue weighted by Gasteiger charge is -2.17. The van der Waals surface area contributed by atoms with Crippen LogP contribution in [0.5, 0.6) is 5.75 Å². The van der Waals surface area contributed by atoms with Crippen LogP contribution in [0.2, 0.25) is 0 Å². The predicted molar refractivity (Wildman–Crippen MR) is 67.8 cm³/mol. The first-order chi connectivity index (χ1) is 8.70. The minimum absolute atomic E-state index is 0.144. The number of rotatable bonds is 4. The topological polar surface area (TPSA) is 45.1 Å². The van der Waals surface area contributed by atoms with Gasteiger partial charge in [-0.05, 0) is 37.2 Å². The first kappa shape index (κ1) is 12.5. The Labute approximate surface area is 105 Å². The zero-order chi connectivity index (χ0) is 13.0. The number of phenols is 1. The van der Waals surface area contributed by atoms with Crippen LogP contribution >= 0.6 is 0 Å². The lowest BCUT2D eigenvalue weighted by atomic mass is 9.99. The molecule has 0 fully saturated rings. The Morgan fingerprint density at radius 2 is 2.22 bits per heavy atom. The second-order valence-electron chi connectivity index (χ2n) is 4.11. The summed E-state index contributed by atoms with van der Waals surface area (Å²) in [5.74, 6) is -0.102. The van der Waals surface area contributed by atoms with Gasteiger partial charge >= 0.3 is 0 Å². The van der Waals surface area contributed by atoms with Gasteiger partial charge in [-0.1, -0.05) is 12.1 Å². The Kier molecular flexibility index (Phi) is 3.89. The van der Waals surface area contributed by atoms with E-state index < -0.39 is 0 Å². The zero-order valence-corrected chi connectivity index (χ0v) is 10.1. The smallest absolute Gasteiger partial charge is 0.146 e. The highest BCUT2D eigenvalue weighted by Gasteiger charge is 2.14. The predicted octanol–water partition coefficient (Wildman–Crippen LogP) is 2.43. The summed E-state index contributed by atoms with van der Waals surface area (Å²) in [5.41, 5.74) is 1.53. The number of likely N-dealkylation sites (N-methyl/N-ethyl adjacent to an activating group) is 1. The minimum atomic E-state index is -0.322. The van der Waals surface area contributed by atoms with Crippen molar-refractivity contribution in [1.29, 1.82) is 0 Å². The van der Waals surface area contributed by atoms with Gasteiger partial charge in [0.05, 0.1) is 6.20 Å². The fraction of sp³-hybridized carbons (Fsp3) is 0.214. The fourth-order valence-electron chi connectivity index (χ4n) is 1.96. The number of aromatic nitrogens is 1. The van der Waals surface area contributed by atoms with Crippen LogP contribution in [0.4, 0.5) is 4.39 Å². The van der Waals surface area contributed by atoms with Crippen LogP contribution in [-0.2, 0) is 6.42 Å². The van der Waals surface area contributed by atoms with Gasteiger partial charge in [0.15, 0.2) is 0 Å². The third-order valence-electron chi connectivity index (χ3n) is 2.88. The molecule has 2 aromatic rings. The number of pyridine rings is 1. The second-order valence-corrected chi connectivity index (χ2v) is 4.11. The molecule has 0 aliphatic carbocycles. The van der Waals surface area contributed by atoms with E-state index in [1.807, 2.05) is 6.07 Å². The van der Waals surface area contributed by atoms with E-state index in [-0.39, 0.29) is 17.6 Å². The fourth-order valence-corrected chi connectivity index (χ4v) is 1.96. The van der Waals surface area contributed by atoms with E-state index in [2.05, 4.69) is 10.3 Å². The number of hydrogen-bond donors (Lipinski definition) is 2. The van der Waals surface area contributed by atoms with E-state index in [1.165, 1.54) is 6.20 Å². The summed E-state index contributed by atoms with van der Waals surface area (Å²) in [6.07, 6.45) is 3.39. The summed E-state index contributed by atoms with van der Waals surface area (Å²) >= 11 is 0. The Morgan fingerprint density at radius 3 is 2.89 bits per heavy atom. The Balaban J connectivity index is 2.23. The van der Waals surface area contributed by atoms with Gasteiger partial charge in [0.25, 0.3) is 0 Å². The number of nitrogens with one attached hydrogen (secondary N) is 1. The normalized spacial score (nSPS) is 12.3. The molecule has 2 rings (SSSR count). The molecule has 0 amide bonds. The number of benzene rings is 1. The molecule has 1 aromatic heterocycles. The summed E-state index contributed by atoms with van der Waals surface area (Å²) in [6.45, 7) is 0. The maximum Gasteiger partial charge on any atom is 0.146 e. The van der Waals surface area contributed by atoms with Gasteiger partial charge in [-0.2, -0.15) is 0 Å². The van der Waals surface area contributed by atoms with E-state index in [4.69, 9.17) is 0 Å². The number of phenolic OH excluding ortho intramolecular Hbond substituents is 1. The average Bonchev–Trinajstić information content (AvgIpc) is 2.37. The number of nitrogens with zero attached hydrogens (tertiary/aromatic N) is 1. The molecule has 1 heterocycles. The van der Waals surface area contributed by atoms with Gasteiger partial charge in [-0.15, -0.1) is 0 Å². The van der Waals surface area contributed by atoms with Crippen molar-refractivity contribution in [3.8, 4) is 5.75 Å². The lowest BCUT2D eigenvalue weighted by molar-refractivity contribution is 0.473. The molecule has 2 N–H and O–H groups in total. The van der Waals surface area contributed by atoms with Crippen molar-refractivity contribution in [2.45, 2.75) is 12.5 Å². The van der Waals surface area contributed by atoms with E-state index in [0.29, 0.717) is 12.0 Å². The van der Waals surface area contributed by atoms with E-state index in [1.54, 1.807) is 37.5 Å². The standard InChI is InChI=1S/C14H15FN2O/c1-16-14(12-5-6-17-9-13(12)15)8-10-3-2-4-11(18)7-10/h2-7,9,14,16,18H,8H2,1H3. The van der Waals surface area contributed by atoms with Crippen LogP contribution in [0.1, 0.15) is 17.2 Å². The van der Waals surface area contributed by atoms with E-state index in [0.717, 1.165) is 5.56 Å². The Morgan fingerprint density at radius 1 is 1.39 bits per heavy atom. The van der Waals surface area contributed by atoms with E-state index in [9.17, 15) is 9.50 Å². The molecule has 94 valence electrons. The molecule has 0 saturated carbocycles. The van der Waals surface area contributed by atoms with Crippen molar-refractivity contribution in [3.63, 3.8) is 0 Å². The molecule has 3 nitrogen and oxygen atoms in total. The molecule has 1 atom stereocenters. The molecular weight excluding hydrogens is 231 g/mol. The van der Waals surface area contributed by atoms with Crippen molar-refractivity contribution >= 4 is 0 Å². The second kappa shape index (κ2) is 5.60. The van der Waals surface area contributed by atoms with Crippen molar-refractivity contribution in [1.82, 2.24) is 10.3 Å². The molecule has 0 aliphatic rings. The highest BCUT2D eigenvalue weighted by atomic mass is 19.1. The van der Waals surface area contributed by atoms with Crippen LogP contribution in [0.15, 0.2) is 42.7 Å². The van der Waals surface area contributed by atoms with Crippen LogP contribution in [0, 0.1) is 5.82 Å². The molecule has 0 radical (unpaired) electrons. The quantitative estimate of drug-likeness (QED) is 0.871. The van der Waals surface area contributed by atoms with Crippen molar-refractivity contribution in [2.24, 2.45) is 0 Å². The maximum atomic E-state index is 13.7. The molecule has 0 bridgehead atoms. The highest BCUT2D eigenvalue weighted by Crippen LogP contribution is 2.21. The molecule has 1 unspecified atom stereocenters. The van der Waals surface area contributed by atoms with Gasteiger partial charge in [0.1, 0.15) is 11.6 Å². The third kappa shape index (κ3) is 2.84. The first-order valence-electron chi connectivity index (χ1n) is 5.75. The number of hydrogen-bond acceptors (Lipinski definition) is 3. The molecule has 0 spiro atoms. The summed E-state index contributed by atoms with van der Waals surface area (Å²) in [4.78, 5) is 3.74. The molecule has 0 aliphatic heterocycles. The van der Waals surface area contributed by atoms with Crippen molar-refractivity contribution in [3.05, 3.63) is 59.7 Å². The van der Waals surface area contributed by atoms with Crippen molar-refractivity contribution < 1.29 is 9.50 Å². The largest absolute Gasteiger partial charge is 0.508 e. The van der Waals surface area contributed by atoms with Gasteiger partial charge in [-0.25, -0.2) is 4.39 Å². The van der Waals surface area contributed by atoms with Gasteiger partial charge < -0.3 is 10.4 Å². The zero-order valence-electron chi connectivity index (χ0n) is 10.1. The average molecular weight is 246 g/mol. The summed E-state index contributed by atoms with van der Waals surface area (Å²) in [6, 6.07) is 8.51. The first-order valence-corrected chi connectivity index (χ1v) is 5.75. The van der Waals surface area contributed by atoms with Crippen LogP contribution in [-0.4, -0.2) is 17.1 Å². The van der Waals surface area contributed by atoms with Crippen LogP contribution in [0.3, 0.4) is 0 Å². The number of aromatic hydroxyl groups is 1. The summed E-state index contributed by atoms with van der Waals surface area (Å²) in [7, 11) is 1.79. The summed E-state index contributed by atoms with van der Waals surface area (Å²) in [5, 5.41) is 12.5. The minimum Gasteiger partial charge on any atom is -0.508 e. The molecule has 1 aromatic carbocycles.